The van der Waals surface area contributed by atoms with E-state index in [1.807, 2.05) is 42.7 Å². The molecule has 2 N–H and O–H groups in total. The molecule has 0 aliphatic heterocycles. The second-order valence-electron chi connectivity index (χ2n) is 6.50. The van der Waals surface area contributed by atoms with Crippen LogP contribution in [0.5, 0.6) is 0 Å². The van der Waals surface area contributed by atoms with Gasteiger partial charge in [0.25, 0.3) is 0 Å². The van der Waals surface area contributed by atoms with Crippen LogP contribution in [0.15, 0.2) is 55.1 Å². The Kier molecular flexibility index (Phi) is 6.65. The molecule has 3 heterocycles. The molecule has 0 bridgehead atoms. The molecule has 0 radical (unpaired) electrons. The van der Waals surface area contributed by atoms with E-state index in [0.29, 0.717) is 12.5 Å². The van der Waals surface area contributed by atoms with E-state index in [2.05, 4.69) is 49.6 Å². The van der Waals surface area contributed by atoms with Crippen molar-refractivity contribution in [2.75, 3.05) is 37.8 Å². The minimum Gasteiger partial charge on any atom is -0.366 e. The second kappa shape index (κ2) is 9.59. The van der Waals surface area contributed by atoms with Gasteiger partial charge in [-0.2, -0.15) is 4.98 Å². The summed E-state index contributed by atoms with van der Waals surface area (Å²) in [5, 5.41) is 6.69. The van der Waals surface area contributed by atoms with Gasteiger partial charge in [0.1, 0.15) is 5.82 Å². The molecular formula is C20H25N7. The highest BCUT2D eigenvalue weighted by Gasteiger charge is 2.07. The van der Waals surface area contributed by atoms with Gasteiger partial charge >= 0.3 is 0 Å². The summed E-state index contributed by atoms with van der Waals surface area (Å²) < 4.78 is 0. The summed E-state index contributed by atoms with van der Waals surface area (Å²) in [4.78, 5) is 19.8. The lowest BCUT2D eigenvalue weighted by atomic mass is 10.2. The highest BCUT2D eigenvalue weighted by Crippen LogP contribution is 2.21. The number of anilines is 2. The standard InChI is InChI=1S/C20H25N7/c1-27(2)11-5-10-23-20-25-18(17-7-4-9-22-15-17)12-19(26-20)24-14-16-6-3-8-21-13-16/h3-4,6-9,12-13,15H,5,10-11,14H2,1-2H3,(H2,23,24,25,26). The van der Waals surface area contributed by atoms with Crippen LogP contribution in [0.2, 0.25) is 0 Å². The van der Waals surface area contributed by atoms with E-state index in [4.69, 9.17) is 0 Å². The molecule has 0 saturated carbocycles. The second-order valence-corrected chi connectivity index (χ2v) is 6.50. The summed E-state index contributed by atoms with van der Waals surface area (Å²) in [6.45, 7) is 2.48. The van der Waals surface area contributed by atoms with Crippen molar-refractivity contribution in [3.8, 4) is 11.3 Å². The molecule has 3 aromatic rings. The van der Waals surface area contributed by atoms with Gasteiger partial charge in [-0.15, -0.1) is 0 Å². The van der Waals surface area contributed by atoms with Gasteiger partial charge in [-0.05, 0) is 50.8 Å². The van der Waals surface area contributed by atoms with E-state index in [0.717, 1.165) is 42.1 Å². The smallest absolute Gasteiger partial charge is 0.225 e. The Morgan fingerprint density at radius 1 is 0.963 bits per heavy atom. The number of rotatable bonds is 9. The molecule has 3 aromatic heterocycles. The van der Waals surface area contributed by atoms with Crippen molar-refractivity contribution in [1.29, 1.82) is 0 Å². The SMILES string of the molecule is CN(C)CCCNc1nc(NCc2cccnc2)cc(-c2cccnc2)n1. The highest BCUT2D eigenvalue weighted by molar-refractivity contribution is 5.63. The van der Waals surface area contributed by atoms with Crippen molar-refractivity contribution in [2.45, 2.75) is 13.0 Å². The predicted octanol–water partition coefficient (Wildman–Crippen LogP) is 2.91. The van der Waals surface area contributed by atoms with E-state index < -0.39 is 0 Å². The van der Waals surface area contributed by atoms with Crippen LogP contribution in [0.3, 0.4) is 0 Å². The largest absolute Gasteiger partial charge is 0.366 e. The van der Waals surface area contributed by atoms with Gasteiger partial charge in [-0.1, -0.05) is 6.07 Å². The fourth-order valence-corrected chi connectivity index (χ4v) is 2.57. The van der Waals surface area contributed by atoms with Crippen molar-refractivity contribution in [1.82, 2.24) is 24.8 Å². The van der Waals surface area contributed by atoms with Crippen molar-refractivity contribution in [3.05, 3.63) is 60.7 Å². The first kappa shape index (κ1) is 18.7. The van der Waals surface area contributed by atoms with E-state index in [1.165, 1.54) is 0 Å². The molecule has 0 aliphatic rings. The molecule has 0 fully saturated rings. The minimum atomic E-state index is 0.615. The molecule has 0 atom stereocenters. The summed E-state index contributed by atoms with van der Waals surface area (Å²) in [5.41, 5.74) is 2.89. The molecule has 0 aromatic carbocycles. The lowest BCUT2D eigenvalue weighted by Crippen LogP contribution is -2.17. The Labute approximate surface area is 159 Å². The Morgan fingerprint density at radius 3 is 2.48 bits per heavy atom. The molecule has 7 heteroatoms. The van der Waals surface area contributed by atoms with Gasteiger partial charge in [-0.3, -0.25) is 9.97 Å². The maximum atomic E-state index is 4.65. The Bertz CT molecular complexity index is 822. The summed E-state index contributed by atoms with van der Waals surface area (Å²) >= 11 is 0. The molecule has 0 aliphatic carbocycles. The predicted molar refractivity (Wildman–Crippen MR) is 108 cm³/mol. The lowest BCUT2D eigenvalue weighted by molar-refractivity contribution is 0.405. The zero-order valence-electron chi connectivity index (χ0n) is 15.8. The summed E-state index contributed by atoms with van der Waals surface area (Å²) in [6.07, 6.45) is 8.20. The first-order valence-corrected chi connectivity index (χ1v) is 9.01. The molecule has 0 saturated heterocycles. The molecule has 7 nitrogen and oxygen atoms in total. The highest BCUT2D eigenvalue weighted by atomic mass is 15.1. The molecule has 3 rings (SSSR count). The van der Waals surface area contributed by atoms with Crippen LogP contribution in [0.25, 0.3) is 11.3 Å². The quantitative estimate of drug-likeness (QED) is 0.566. The van der Waals surface area contributed by atoms with Crippen molar-refractivity contribution >= 4 is 11.8 Å². The normalized spacial score (nSPS) is 10.8. The summed E-state index contributed by atoms with van der Waals surface area (Å²) in [6, 6.07) is 9.80. The maximum Gasteiger partial charge on any atom is 0.225 e. The average Bonchev–Trinajstić information content (AvgIpc) is 2.71. The Morgan fingerprint density at radius 2 is 1.78 bits per heavy atom. The third-order valence-electron chi connectivity index (χ3n) is 3.95. The Balaban J connectivity index is 1.75. The van der Waals surface area contributed by atoms with Crippen LogP contribution >= 0.6 is 0 Å². The topological polar surface area (TPSA) is 78.9 Å². The van der Waals surface area contributed by atoms with E-state index in [9.17, 15) is 0 Å². The van der Waals surface area contributed by atoms with E-state index in [-0.39, 0.29) is 0 Å². The molecule has 0 unspecified atom stereocenters. The number of pyridine rings is 2. The molecule has 27 heavy (non-hydrogen) atoms. The first-order chi connectivity index (χ1) is 13.2. The number of aromatic nitrogens is 4. The summed E-state index contributed by atoms with van der Waals surface area (Å²) in [7, 11) is 4.14. The van der Waals surface area contributed by atoms with Crippen LogP contribution in [0.4, 0.5) is 11.8 Å². The molecule has 0 spiro atoms. The van der Waals surface area contributed by atoms with Crippen molar-refractivity contribution < 1.29 is 0 Å². The number of nitrogens with zero attached hydrogens (tertiary/aromatic N) is 5. The van der Waals surface area contributed by atoms with Crippen LogP contribution in [0.1, 0.15) is 12.0 Å². The molecular weight excluding hydrogens is 338 g/mol. The van der Waals surface area contributed by atoms with E-state index >= 15 is 0 Å². The fraction of sp³-hybridized carbons (Fsp3) is 0.300. The third kappa shape index (κ3) is 6.00. The zero-order valence-corrected chi connectivity index (χ0v) is 15.8. The third-order valence-corrected chi connectivity index (χ3v) is 3.95. The summed E-state index contributed by atoms with van der Waals surface area (Å²) in [5.74, 6) is 1.38. The van der Waals surface area contributed by atoms with Gasteiger partial charge in [0, 0.05) is 49.5 Å². The lowest BCUT2D eigenvalue weighted by Gasteiger charge is -2.12. The van der Waals surface area contributed by atoms with Gasteiger partial charge < -0.3 is 15.5 Å². The van der Waals surface area contributed by atoms with Gasteiger partial charge in [0.15, 0.2) is 0 Å². The minimum absolute atomic E-state index is 0.615. The van der Waals surface area contributed by atoms with Crippen molar-refractivity contribution in [2.24, 2.45) is 0 Å². The van der Waals surface area contributed by atoms with E-state index in [1.54, 1.807) is 12.4 Å². The van der Waals surface area contributed by atoms with Crippen LogP contribution in [-0.4, -0.2) is 52.0 Å². The van der Waals surface area contributed by atoms with Crippen LogP contribution in [0, 0.1) is 0 Å². The maximum absolute atomic E-state index is 4.65. The monoisotopic (exact) mass is 363 g/mol. The first-order valence-electron chi connectivity index (χ1n) is 9.01. The number of hydrogen-bond acceptors (Lipinski definition) is 7. The molecule has 0 amide bonds. The number of nitrogens with one attached hydrogen (secondary N) is 2. The van der Waals surface area contributed by atoms with Crippen molar-refractivity contribution in [3.63, 3.8) is 0 Å². The number of hydrogen-bond donors (Lipinski definition) is 2. The Hall–Kier alpha value is -3.06. The fourth-order valence-electron chi connectivity index (χ4n) is 2.57. The molecule has 140 valence electrons. The van der Waals surface area contributed by atoms with Gasteiger partial charge in [0.2, 0.25) is 5.95 Å². The van der Waals surface area contributed by atoms with Crippen LogP contribution < -0.4 is 10.6 Å². The zero-order chi connectivity index (χ0) is 18.9. The van der Waals surface area contributed by atoms with Gasteiger partial charge in [0.05, 0.1) is 5.69 Å². The average molecular weight is 363 g/mol. The van der Waals surface area contributed by atoms with Gasteiger partial charge in [-0.25, -0.2) is 4.98 Å². The van der Waals surface area contributed by atoms with Crippen LogP contribution in [-0.2, 0) is 6.54 Å².